The fourth-order valence-electron chi connectivity index (χ4n) is 3.36. The molecule has 0 fully saturated rings. The zero-order valence-electron chi connectivity index (χ0n) is 14.8. The zero-order valence-corrected chi connectivity index (χ0v) is 14.8. The van der Waals surface area contributed by atoms with Crippen LogP contribution in [0.3, 0.4) is 0 Å². The predicted octanol–water partition coefficient (Wildman–Crippen LogP) is 5.45. The van der Waals surface area contributed by atoms with E-state index < -0.39 is 0 Å². The Morgan fingerprint density at radius 1 is 0.778 bits per heavy atom. The Bertz CT molecular complexity index is 1220. The lowest BCUT2D eigenvalue weighted by Gasteiger charge is -2.09. The molecule has 27 heavy (non-hydrogen) atoms. The van der Waals surface area contributed by atoms with Gasteiger partial charge in [0, 0.05) is 16.5 Å². The number of hydrogen-bond donors (Lipinski definition) is 1. The number of rotatable bonds is 3. The van der Waals surface area contributed by atoms with Gasteiger partial charge in [-0.1, -0.05) is 30.3 Å². The van der Waals surface area contributed by atoms with E-state index in [1.165, 1.54) is 0 Å². The number of pyridine rings is 1. The number of ether oxygens (including phenoxy) is 1. The van der Waals surface area contributed by atoms with E-state index in [2.05, 4.69) is 17.1 Å². The monoisotopic (exact) mass is 351 g/mol. The van der Waals surface area contributed by atoms with Gasteiger partial charge in [-0.25, -0.2) is 9.97 Å². The minimum Gasteiger partial charge on any atom is -0.497 e. The average Bonchev–Trinajstić information content (AvgIpc) is 3.17. The van der Waals surface area contributed by atoms with Crippen molar-refractivity contribution in [2.75, 3.05) is 7.11 Å². The summed E-state index contributed by atoms with van der Waals surface area (Å²) in [4.78, 5) is 13.1. The Balaban J connectivity index is 1.74. The lowest BCUT2D eigenvalue weighted by molar-refractivity contribution is 0.415. The Morgan fingerprint density at radius 2 is 1.52 bits per heavy atom. The molecule has 2 aromatic heterocycles. The van der Waals surface area contributed by atoms with Gasteiger partial charge in [-0.3, -0.25) is 0 Å². The Morgan fingerprint density at radius 3 is 2.30 bits per heavy atom. The van der Waals surface area contributed by atoms with Crippen molar-refractivity contribution < 1.29 is 4.74 Å². The van der Waals surface area contributed by atoms with Gasteiger partial charge in [-0.05, 0) is 48.5 Å². The fraction of sp³-hybridized carbons (Fsp3) is 0.0435. The number of nitrogens with zero attached hydrogens (tertiary/aromatic N) is 2. The first-order valence-corrected chi connectivity index (χ1v) is 8.81. The Labute approximate surface area is 156 Å². The van der Waals surface area contributed by atoms with Crippen molar-refractivity contribution in [1.29, 1.82) is 0 Å². The molecule has 130 valence electrons. The lowest BCUT2D eigenvalue weighted by atomic mass is 10.0. The molecule has 0 spiro atoms. The number of fused-ring (bicyclic) bond motifs is 2. The molecule has 0 radical (unpaired) electrons. The van der Waals surface area contributed by atoms with E-state index in [1.807, 2.05) is 66.7 Å². The van der Waals surface area contributed by atoms with Crippen LogP contribution in [-0.2, 0) is 0 Å². The van der Waals surface area contributed by atoms with Crippen LogP contribution in [-0.4, -0.2) is 22.1 Å². The van der Waals surface area contributed by atoms with E-state index in [-0.39, 0.29) is 0 Å². The van der Waals surface area contributed by atoms with Gasteiger partial charge >= 0.3 is 0 Å². The molecule has 3 aromatic carbocycles. The van der Waals surface area contributed by atoms with Gasteiger partial charge in [0.25, 0.3) is 0 Å². The van der Waals surface area contributed by atoms with Crippen molar-refractivity contribution in [3.05, 3.63) is 78.9 Å². The highest BCUT2D eigenvalue weighted by Gasteiger charge is 2.12. The largest absolute Gasteiger partial charge is 0.497 e. The number of aromatic nitrogens is 3. The first-order chi connectivity index (χ1) is 13.3. The number of aromatic amines is 1. The van der Waals surface area contributed by atoms with Crippen LogP contribution < -0.4 is 4.74 Å². The molecule has 0 aliphatic rings. The van der Waals surface area contributed by atoms with Gasteiger partial charge in [0.1, 0.15) is 11.6 Å². The Kier molecular flexibility index (Phi) is 3.61. The van der Waals surface area contributed by atoms with Gasteiger partial charge < -0.3 is 9.72 Å². The summed E-state index contributed by atoms with van der Waals surface area (Å²) < 4.78 is 5.27. The van der Waals surface area contributed by atoms with Gasteiger partial charge in [-0.15, -0.1) is 0 Å². The third-order valence-corrected chi connectivity index (χ3v) is 4.75. The highest BCUT2D eigenvalue weighted by Crippen LogP contribution is 2.32. The molecular weight excluding hydrogens is 334 g/mol. The molecule has 0 amide bonds. The quantitative estimate of drug-likeness (QED) is 0.470. The van der Waals surface area contributed by atoms with Crippen LogP contribution in [0.2, 0.25) is 0 Å². The molecule has 0 atom stereocenters. The molecule has 4 heteroatoms. The molecule has 4 nitrogen and oxygen atoms in total. The van der Waals surface area contributed by atoms with Gasteiger partial charge in [0.15, 0.2) is 0 Å². The second kappa shape index (κ2) is 6.25. The van der Waals surface area contributed by atoms with Crippen LogP contribution in [0.4, 0.5) is 0 Å². The average molecular weight is 351 g/mol. The maximum Gasteiger partial charge on any atom is 0.139 e. The second-order valence-electron chi connectivity index (χ2n) is 6.40. The molecule has 0 aliphatic carbocycles. The first kappa shape index (κ1) is 15.6. The van der Waals surface area contributed by atoms with Crippen LogP contribution >= 0.6 is 0 Å². The minimum absolute atomic E-state index is 0.831. The fourth-order valence-corrected chi connectivity index (χ4v) is 3.36. The summed E-state index contributed by atoms with van der Waals surface area (Å²) >= 11 is 0. The van der Waals surface area contributed by atoms with Crippen molar-refractivity contribution in [1.82, 2.24) is 15.0 Å². The van der Waals surface area contributed by atoms with Crippen molar-refractivity contribution in [2.24, 2.45) is 0 Å². The first-order valence-electron chi connectivity index (χ1n) is 8.81. The zero-order chi connectivity index (χ0) is 18.2. The number of nitrogens with one attached hydrogen (secondary N) is 1. The smallest absolute Gasteiger partial charge is 0.139 e. The molecule has 0 unspecified atom stereocenters. The van der Waals surface area contributed by atoms with Crippen molar-refractivity contribution in [3.63, 3.8) is 0 Å². The summed E-state index contributed by atoms with van der Waals surface area (Å²) in [5, 5.41) is 1.08. The van der Waals surface area contributed by atoms with Crippen LogP contribution in [0.25, 0.3) is 44.6 Å². The number of H-pyrrole nitrogens is 1. The molecule has 5 aromatic rings. The number of hydrogen-bond acceptors (Lipinski definition) is 3. The molecule has 0 bridgehead atoms. The lowest BCUT2D eigenvalue weighted by Crippen LogP contribution is -1.91. The number of para-hydroxylation sites is 3. The normalized spacial score (nSPS) is 11.1. The summed E-state index contributed by atoms with van der Waals surface area (Å²) in [6.45, 7) is 0. The standard InChI is InChI=1S/C23H17N3O/c1-27-16-12-10-15(11-13-16)22-14-18(17-6-2-3-7-19(17)24-22)23-25-20-8-4-5-9-21(20)26-23/h2-14H,1H3,(H,25,26). The summed E-state index contributed by atoms with van der Waals surface area (Å²) in [5.41, 5.74) is 5.92. The van der Waals surface area contributed by atoms with Crippen LogP contribution in [0.1, 0.15) is 0 Å². The molecule has 2 heterocycles. The van der Waals surface area contributed by atoms with E-state index in [0.29, 0.717) is 0 Å². The number of benzene rings is 3. The SMILES string of the molecule is COc1ccc(-c2cc(-c3nc4ccccc4[nH]3)c3ccccc3n2)cc1. The molecule has 0 saturated heterocycles. The third kappa shape index (κ3) is 2.72. The maximum absolute atomic E-state index is 5.27. The van der Waals surface area contributed by atoms with Crippen LogP contribution in [0.5, 0.6) is 5.75 Å². The topological polar surface area (TPSA) is 50.8 Å². The van der Waals surface area contributed by atoms with E-state index in [9.17, 15) is 0 Å². The third-order valence-electron chi connectivity index (χ3n) is 4.75. The molecule has 5 rings (SSSR count). The van der Waals surface area contributed by atoms with Crippen LogP contribution in [0, 0.1) is 0 Å². The maximum atomic E-state index is 5.27. The van der Waals surface area contributed by atoms with Crippen LogP contribution in [0.15, 0.2) is 78.9 Å². The van der Waals surface area contributed by atoms with Gasteiger partial charge in [-0.2, -0.15) is 0 Å². The summed E-state index contributed by atoms with van der Waals surface area (Å²) in [6, 6.07) is 26.3. The number of methoxy groups -OCH3 is 1. The molecule has 0 aliphatic heterocycles. The van der Waals surface area contributed by atoms with Gasteiger partial charge in [0.05, 0.1) is 29.4 Å². The Hall–Kier alpha value is -3.66. The highest BCUT2D eigenvalue weighted by atomic mass is 16.5. The van der Waals surface area contributed by atoms with E-state index >= 15 is 0 Å². The minimum atomic E-state index is 0.831. The summed E-state index contributed by atoms with van der Waals surface area (Å²) in [7, 11) is 1.67. The number of imidazole rings is 1. The molecular formula is C23H17N3O. The molecule has 1 N–H and O–H groups in total. The summed E-state index contributed by atoms with van der Waals surface area (Å²) in [6.07, 6.45) is 0. The van der Waals surface area contributed by atoms with E-state index in [1.54, 1.807) is 7.11 Å². The van der Waals surface area contributed by atoms with E-state index in [0.717, 1.165) is 50.3 Å². The second-order valence-corrected chi connectivity index (χ2v) is 6.40. The van der Waals surface area contributed by atoms with Crippen molar-refractivity contribution >= 4 is 21.9 Å². The van der Waals surface area contributed by atoms with Gasteiger partial charge in [0.2, 0.25) is 0 Å². The summed E-state index contributed by atoms with van der Waals surface area (Å²) in [5.74, 6) is 1.68. The van der Waals surface area contributed by atoms with Crippen molar-refractivity contribution in [2.45, 2.75) is 0 Å². The molecule has 0 saturated carbocycles. The van der Waals surface area contributed by atoms with Crippen molar-refractivity contribution in [3.8, 4) is 28.4 Å². The predicted molar refractivity (Wildman–Crippen MR) is 109 cm³/mol. The highest BCUT2D eigenvalue weighted by molar-refractivity contribution is 5.96. The van der Waals surface area contributed by atoms with E-state index in [4.69, 9.17) is 14.7 Å².